The number of aromatic nitrogens is 2. The molecule has 1 fully saturated rings. The number of hydroxylamine groups is 1. The normalized spacial score (nSPS) is 14.7. The summed E-state index contributed by atoms with van der Waals surface area (Å²) in [5, 5.41) is 10.8. The molecule has 9 nitrogen and oxygen atoms in total. The van der Waals surface area contributed by atoms with E-state index in [9.17, 15) is 13.2 Å². The van der Waals surface area contributed by atoms with E-state index < -0.39 is 15.9 Å². The summed E-state index contributed by atoms with van der Waals surface area (Å²) in [6, 6.07) is 13.8. The molecule has 2 heterocycles. The Morgan fingerprint density at radius 2 is 1.84 bits per heavy atom. The number of sulfonamides is 1. The van der Waals surface area contributed by atoms with Crippen LogP contribution in [-0.2, 0) is 10.0 Å². The third-order valence-corrected chi connectivity index (χ3v) is 6.24. The van der Waals surface area contributed by atoms with Crippen molar-refractivity contribution in [2.75, 3.05) is 23.7 Å². The zero-order valence-electron chi connectivity index (χ0n) is 16.5. The average Bonchev–Trinajstić information content (AvgIpc) is 2.75. The summed E-state index contributed by atoms with van der Waals surface area (Å²) in [6.45, 7) is 0.859. The highest BCUT2D eigenvalue weighted by molar-refractivity contribution is 7.89. The molecule has 0 radical (unpaired) electrons. The lowest BCUT2D eigenvalue weighted by Crippen LogP contribution is -2.60. The zero-order valence-corrected chi connectivity index (χ0v) is 17.3. The highest BCUT2D eigenvalue weighted by Crippen LogP contribution is 2.18. The van der Waals surface area contributed by atoms with Gasteiger partial charge in [-0.2, -0.15) is 0 Å². The van der Waals surface area contributed by atoms with E-state index in [-0.39, 0.29) is 17.4 Å². The number of nitrogens with one attached hydrogen (secondary N) is 2. The average molecular weight is 439 g/mol. The molecule has 0 spiro atoms. The third-order valence-electron chi connectivity index (χ3n) is 4.91. The number of rotatable bonds is 7. The molecule has 2 aromatic carbocycles. The van der Waals surface area contributed by atoms with Crippen LogP contribution < -0.4 is 15.1 Å². The van der Waals surface area contributed by atoms with Gasteiger partial charge in [-0.1, -0.05) is 48.6 Å². The zero-order chi connectivity index (χ0) is 21.8. The van der Waals surface area contributed by atoms with E-state index in [1.165, 1.54) is 17.9 Å². The molecule has 3 N–H and O–H groups in total. The van der Waals surface area contributed by atoms with E-state index >= 15 is 0 Å². The molecule has 1 saturated heterocycles. The number of carbonyl (C=O) groups is 1. The molecule has 0 atom stereocenters. The van der Waals surface area contributed by atoms with Crippen LogP contribution in [0.2, 0.25) is 0 Å². The van der Waals surface area contributed by atoms with E-state index in [1.807, 2.05) is 42.5 Å². The monoisotopic (exact) mass is 439 g/mol. The molecule has 1 amide bonds. The lowest BCUT2D eigenvalue weighted by atomic mass is 10.1. The molecule has 31 heavy (non-hydrogen) atoms. The summed E-state index contributed by atoms with van der Waals surface area (Å²) in [6.07, 6.45) is 6.03. The van der Waals surface area contributed by atoms with Gasteiger partial charge in [-0.25, -0.2) is 28.6 Å². The van der Waals surface area contributed by atoms with Crippen LogP contribution in [0, 0.1) is 0 Å². The first-order valence-electron chi connectivity index (χ1n) is 9.60. The molecule has 10 heteroatoms. The van der Waals surface area contributed by atoms with Crippen molar-refractivity contribution in [3.8, 4) is 0 Å². The van der Waals surface area contributed by atoms with Gasteiger partial charge in [0, 0.05) is 25.5 Å². The first-order chi connectivity index (χ1) is 14.9. The Balaban J connectivity index is 1.28. The molecule has 4 rings (SSSR count). The standard InChI is InChI=1S/C21H21N5O4S/c27-20(24-28)18-11-22-21(23-12-18)26-13-19(14-26)25-31(29,30)9-3-4-15-7-8-16-5-1-2-6-17(16)10-15/h1-8,10-12,19,25,28H,9,13-14H2,(H,24,27). The van der Waals surface area contributed by atoms with Gasteiger partial charge in [-0.3, -0.25) is 10.0 Å². The minimum Gasteiger partial charge on any atom is -0.337 e. The number of fused-ring (bicyclic) bond motifs is 1. The summed E-state index contributed by atoms with van der Waals surface area (Å²) >= 11 is 0. The fourth-order valence-electron chi connectivity index (χ4n) is 3.31. The Morgan fingerprint density at radius 3 is 2.55 bits per heavy atom. The largest absolute Gasteiger partial charge is 0.337 e. The van der Waals surface area contributed by atoms with Crippen LogP contribution in [0.15, 0.2) is 60.9 Å². The highest BCUT2D eigenvalue weighted by Gasteiger charge is 2.31. The van der Waals surface area contributed by atoms with Crippen molar-refractivity contribution < 1.29 is 18.4 Å². The van der Waals surface area contributed by atoms with E-state index in [1.54, 1.807) is 17.1 Å². The Hall–Kier alpha value is -3.34. The van der Waals surface area contributed by atoms with Gasteiger partial charge in [-0.05, 0) is 22.4 Å². The van der Waals surface area contributed by atoms with Crippen LogP contribution in [0.5, 0.6) is 0 Å². The highest BCUT2D eigenvalue weighted by atomic mass is 32.2. The predicted molar refractivity (Wildman–Crippen MR) is 117 cm³/mol. The number of hydrogen-bond donors (Lipinski definition) is 3. The Bertz CT molecular complexity index is 1220. The van der Waals surface area contributed by atoms with Gasteiger partial charge in [0.2, 0.25) is 16.0 Å². The number of benzene rings is 2. The molecule has 0 unspecified atom stereocenters. The maximum absolute atomic E-state index is 12.4. The lowest BCUT2D eigenvalue weighted by molar-refractivity contribution is 0.0705. The molecule has 0 saturated carbocycles. The second kappa shape index (κ2) is 8.80. The summed E-state index contributed by atoms with van der Waals surface area (Å²) in [7, 11) is -3.47. The van der Waals surface area contributed by atoms with Gasteiger partial charge in [0.05, 0.1) is 17.4 Å². The van der Waals surface area contributed by atoms with Gasteiger partial charge in [0.25, 0.3) is 5.91 Å². The topological polar surface area (TPSA) is 125 Å². The third kappa shape index (κ3) is 5.05. The maximum Gasteiger partial charge on any atom is 0.277 e. The lowest BCUT2D eigenvalue weighted by Gasteiger charge is -2.39. The summed E-state index contributed by atoms with van der Waals surface area (Å²) < 4.78 is 27.4. The molecule has 1 aromatic heterocycles. The van der Waals surface area contributed by atoms with E-state index in [2.05, 4.69) is 14.7 Å². The SMILES string of the molecule is O=C(NO)c1cnc(N2CC(NS(=O)(=O)CC=Cc3ccc4ccccc4c3)C2)nc1. The van der Waals surface area contributed by atoms with Gasteiger partial charge < -0.3 is 4.90 Å². The van der Waals surface area contributed by atoms with Crippen LogP contribution in [0.1, 0.15) is 15.9 Å². The number of anilines is 1. The molecule has 0 bridgehead atoms. The quantitative estimate of drug-likeness (QED) is 0.377. The summed E-state index contributed by atoms with van der Waals surface area (Å²) in [4.78, 5) is 21.2. The molecule has 160 valence electrons. The van der Waals surface area contributed by atoms with E-state index in [4.69, 9.17) is 5.21 Å². The van der Waals surface area contributed by atoms with Crippen molar-refractivity contribution in [1.82, 2.24) is 20.2 Å². The Labute approximate surface area is 179 Å². The number of hydrogen-bond acceptors (Lipinski definition) is 7. The number of nitrogens with zero attached hydrogens (tertiary/aromatic N) is 3. The first kappa shape index (κ1) is 20.9. The van der Waals surface area contributed by atoms with Crippen LogP contribution in [0.4, 0.5) is 5.95 Å². The molecule has 0 aliphatic carbocycles. The molecule has 1 aliphatic rings. The Kier molecular flexibility index (Phi) is 5.94. The van der Waals surface area contributed by atoms with Crippen LogP contribution in [-0.4, -0.2) is 54.4 Å². The summed E-state index contributed by atoms with van der Waals surface area (Å²) in [5.41, 5.74) is 2.58. The second-order valence-electron chi connectivity index (χ2n) is 7.22. The van der Waals surface area contributed by atoms with Crippen molar-refractivity contribution in [1.29, 1.82) is 0 Å². The van der Waals surface area contributed by atoms with Crippen LogP contribution in [0.3, 0.4) is 0 Å². The van der Waals surface area contributed by atoms with Crippen molar-refractivity contribution in [2.45, 2.75) is 6.04 Å². The second-order valence-corrected chi connectivity index (χ2v) is 9.02. The van der Waals surface area contributed by atoms with Crippen molar-refractivity contribution in [3.63, 3.8) is 0 Å². The minimum atomic E-state index is -3.47. The molecule has 3 aromatic rings. The van der Waals surface area contributed by atoms with Crippen LogP contribution >= 0.6 is 0 Å². The van der Waals surface area contributed by atoms with Crippen LogP contribution in [0.25, 0.3) is 16.8 Å². The maximum atomic E-state index is 12.4. The Morgan fingerprint density at radius 1 is 1.13 bits per heavy atom. The molecular weight excluding hydrogens is 418 g/mol. The predicted octanol–water partition coefficient (Wildman–Crippen LogP) is 1.57. The number of amides is 1. The first-order valence-corrected chi connectivity index (χ1v) is 11.3. The van der Waals surface area contributed by atoms with E-state index in [0.717, 1.165) is 16.3 Å². The number of carbonyl (C=O) groups excluding carboxylic acids is 1. The molecular formula is C21H21N5O4S. The van der Waals surface area contributed by atoms with Crippen molar-refractivity contribution >= 4 is 38.7 Å². The van der Waals surface area contributed by atoms with E-state index in [0.29, 0.717) is 19.0 Å². The van der Waals surface area contributed by atoms with Crippen molar-refractivity contribution in [3.05, 3.63) is 72.1 Å². The minimum absolute atomic E-state index is 0.113. The smallest absolute Gasteiger partial charge is 0.277 e. The van der Waals surface area contributed by atoms with Gasteiger partial charge in [-0.15, -0.1) is 0 Å². The van der Waals surface area contributed by atoms with Gasteiger partial charge >= 0.3 is 0 Å². The summed E-state index contributed by atoms with van der Waals surface area (Å²) in [5.74, 6) is -0.420. The van der Waals surface area contributed by atoms with Crippen molar-refractivity contribution in [2.24, 2.45) is 0 Å². The fourth-order valence-corrected chi connectivity index (χ4v) is 4.41. The van der Waals surface area contributed by atoms with Gasteiger partial charge in [0.15, 0.2) is 0 Å². The molecule has 1 aliphatic heterocycles. The fraction of sp³-hybridized carbons (Fsp3) is 0.190. The van der Waals surface area contributed by atoms with Gasteiger partial charge in [0.1, 0.15) is 0 Å².